The largest absolute Gasteiger partial charge is 0.508 e. The summed E-state index contributed by atoms with van der Waals surface area (Å²) in [4.78, 5) is 24.4. The Balaban J connectivity index is 1.18. The summed E-state index contributed by atoms with van der Waals surface area (Å²) < 4.78 is 16.0. The molecule has 0 bridgehead atoms. The van der Waals surface area contributed by atoms with Crippen molar-refractivity contribution < 1.29 is 9.50 Å². The molecule has 6 nitrogen and oxygen atoms in total. The van der Waals surface area contributed by atoms with E-state index in [1.165, 1.54) is 47.7 Å². The van der Waals surface area contributed by atoms with E-state index in [9.17, 15) is 14.3 Å². The molecule has 2 N–H and O–H groups in total. The number of para-hydroxylation sites is 2. The standard InChI is InChI=1S/C36H31FN4O2/c1-40-17-15-36(20-26(36)21-40)25-9-6-22(7-10-25)23-8-12-28-24(18-23)14-16-41(35(28)43)33(29-19-27(37)11-13-32(29)42)34-38-30-4-2-3-5-31(30)39-34/h2-14,16,18-19,26,33,42H,15,17,20-21H2,1H3,(H,38,39). The summed E-state index contributed by atoms with van der Waals surface area (Å²) in [5.41, 5.74) is 5.45. The third-order valence-electron chi connectivity index (χ3n) is 9.66. The molecule has 2 fully saturated rings. The van der Waals surface area contributed by atoms with E-state index in [4.69, 9.17) is 4.98 Å². The maximum atomic E-state index is 14.4. The van der Waals surface area contributed by atoms with Crippen LogP contribution >= 0.6 is 0 Å². The number of aromatic nitrogens is 3. The van der Waals surface area contributed by atoms with Gasteiger partial charge in [0.05, 0.1) is 11.0 Å². The first-order valence-corrected chi connectivity index (χ1v) is 14.8. The molecule has 43 heavy (non-hydrogen) atoms. The maximum Gasteiger partial charge on any atom is 0.259 e. The number of aromatic hydroxyl groups is 1. The highest BCUT2D eigenvalue weighted by molar-refractivity contribution is 5.86. The summed E-state index contributed by atoms with van der Waals surface area (Å²) in [5, 5.41) is 12.1. The molecule has 3 unspecified atom stereocenters. The molecule has 214 valence electrons. The number of benzene rings is 4. The molecular formula is C36H31FN4O2. The summed E-state index contributed by atoms with van der Waals surface area (Å²) in [6, 6.07) is 27.2. The molecule has 0 spiro atoms. The molecule has 1 saturated carbocycles. The van der Waals surface area contributed by atoms with Gasteiger partial charge < -0.3 is 19.6 Å². The second kappa shape index (κ2) is 9.64. The number of hydrogen-bond acceptors (Lipinski definition) is 4. The lowest BCUT2D eigenvalue weighted by atomic mass is 9.86. The van der Waals surface area contributed by atoms with Crippen LogP contribution in [-0.2, 0) is 5.41 Å². The normalized spacial score (nSPS) is 20.7. The highest BCUT2D eigenvalue weighted by Gasteiger charge is 2.56. The van der Waals surface area contributed by atoms with Crippen LogP contribution in [0.4, 0.5) is 4.39 Å². The van der Waals surface area contributed by atoms with Gasteiger partial charge in [-0.15, -0.1) is 0 Å². The fraction of sp³-hybridized carbons (Fsp3) is 0.222. The zero-order valence-corrected chi connectivity index (χ0v) is 23.8. The van der Waals surface area contributed by atoms with Crippen LogP contribution < -0.4 is 5.56 Å². The number of piperidine rings is 1. The molecule has 1 saturated heterocycles. The van der Waals surface area contributed by atoms with Gasteiger partial charge in [0.15, 0.2) is 0 Å². The van der Waals surface area contributed by atoms with Crippen LogP contribution in [0.5, 0.6) is 5.75 Å². The third kappa shape index (κ3) is 4.26. The zero-order valence-electron chi connectivity index (χ0n) is 23.8. The summed E-state index contributed by atoms with van der Waals surface area (Å²) in [7, 11) is 2.21. The number of phenolic OH excluding ortho intramolecular Hbond substituents is 1. The number of nitrogens with one attached hydrogen (secondary N) is 1. The van der Waals surface area contributed by atoms with Crippen LogP contribution in [0.25, 0.3) is 32.9 Å². The lowest BCUT2D eigenvalue weighted by Crippen LogP contribution is -2.33. The lowest BCUT2D eigenvalue weighted by Gasteiger charge is -2.29. The number of rotatable bonds is 5. The molecule has 7 heteroatoms. The Morgan fingerprint density at radius 1 is 1.00 bits per heavy atom. The summed E-state index contributed by atoms with van der Waals surface area (Å²) in [5.74, 6) is 0.570. The van der Waals surface area contributed by atoms with Gasteiger partial charge in [-0.25, -0.2) is 9.37 Å². The van der Waals surface area contributed by atoms with Gasteiger partial charge in [-0.3, -0.25) is 4.79 Å². The average Bonchev–Trinajstić information content (AvgIpc) is 3.60. The van der Waals surface area contributed by atoms with Crippen molar-refractivity contribution in [3.8, 4) is 16.9 Å². The molecule has 4 aromatic carbocycles. The summed E-state index contributed by atoms with van der Waals surface area (Å²) in [6.07, 6.45) is 4.20. The molecule has 0 amide bonds. The highest BCUT2D eigenvalue weighted by atomic mass is 19.1. The van der Waals surface area contributed by atoms with Gasteiger partial charge in [0.1, 0.15) is 23.4 Å². The van der Waals surface area contributed by atoms with Crippen molar-refractivity contribution >= 4 is 21.8 Å². The van der Waals surface area contributed by atoms with Crippen molar-refractivity contribution in [3.63, 3.8) is 0 Å². The third-order valence-corrected chi connectivity index (χ3v) is 9.66. The molecule has 0 radical (unpaired) electrons. The van der Waals surface area contributed by atoms with Crippen LogP contribution in [0.15, 0.2) is 102 Å². The summed E-state index contributed by atoms with van der Waals surface area (Å²) >= 11 is 0. The van der Waals surface area contributed by atoms with Crippen LogP contribution in [-0.4, -0.2) is 44.7 Å². The number of pyridine rings is 1. The van der Waals surface area contributed by atoms with Gasteiger partial charge >= 0.3 is 0 Å². The van der Waals surface area contributed by atoms with Crippen molar-refractivity contribution in [1.82, 2.24) is 19.4 Å². The number of aromatic amines is 1. The molecule has 2 aliphatic rings. The minimum absolute atomic E-state index is 0.116. The minimum atomic E-state index is -0.863. The molecule has 1 aliphatic carbocycles. The van der Waals surface area contributed by atoms with Crippen LogP contribution in [0, 0.1) is 11.7 Å². The zero-order chi connectivity index (χ0) is 29.3. The highest BCUT2D eigenvalue weighted by Crippen LogP contribution is 2.59. The first kappa shape index (κ1) is 25.9. The Bertz CT molecular complexity index is 2050. The fourth-order valence-corrected chi connectivity index (χ4v) is 7.20. The average molecular weight is 571 g/mol. The number of hydrogen-bond donors (Lipinski definition) is 2. The first-order valence-electron chi connectivity index (χ1n) is 14.8. The Kier molecular flexibility index (Phi) is 5.81. The van der Waals surface area contributed by atoms with E-state index in [0.29, 0.717) is 16.6 Å². The van der Waals surface area contributed by atoms with E-state index in [1.54, 1.807) is 6.20 Å². The Hall–Kier alpha value is -4.75. The van der Waals surface area contributed by atoms with E-state index in [0.717, 1.165) is 40.0 Å². The quantitative estimate of drug-likeness (QED) is 0.244. The Labute approximate surface area is 248 Å². The number of imidazole rings is 1. The Morgan fingerprint density at radius 3 is 2.63 bits per heavy atom. The second-order valence-corrected chi connectivity index (χ2v) is 12.2. The van der Waals surface area contributed by atoms with Crippen molar-refractivity contribution in [2.24, 2.45) is 5.92 Å². The molecule has 2 aromatic heterocycles. The van der Waals surface area contributed by atoms with Gasteiger partial charge in [0.2, 0.25) is 0 Å². The fourth-order valence-electron chi connectivity index (χ4n) is 7.20. The van der Waals surface area contributed by atoms with Crippen molar-refractivity contribution in [3.05, 3.63) is 130 Å². The van der Waals surface area contributed by atoms with Gasteiger partial charge in [0.25, 0.3) is 5.56 Å². The van der Waals surface area contributed by atoms with Gasteiger partial charge in [0, 0.05) is 29.1 Å². The monoisotopic (exact) mass is 570 g/mol. The number of H-pyrrole nitrogens is 1. The smallest absolute Gasteiger partial charge is 0.259 e. The molecule has 8 rings (SSSR count). The van der Waals surface area contributed by atoms with E-state index in [1.807, 2.05) is 48.5 Å². The van der Waals surface area contributed by atoms with E-state index < -0.39 is 11.9 Å². The molecule has 6 aromatic rings. The summed E-state index contributed by atoms with van der Waals surface area (Å²) in [6.45, 7) is 2.33. The second-order valence-electron chi connectivity index (χ2n) is 12.2. The SMILES string of the molecule is CN1CCC2(c3ccc(-c4ccc5c(=O)n(C(c6nc7ccccc7[nH]6)c6cc(F)ccc6O)ccc5c4)cc3)CC2C1. The number of phenols is 1. The van der Waals surface area contributed by atoms with Gasteiger partial charge in [-0.1, -0.05) is 42.5 Å². The Morgan fingerprint density at radius 2 is 1.81 bits per heavy atom. The number of likely N-dealkylation sites (tertiary alicyclic amines) is 1. The van der Waals surface area contributed by atoms with Crippen LogP contribution in [0.2, 0.25) is 0 Å². The number of halogens is 1. The molecule has 3 atom stereocenters. The molecule has 3 heterocycles. The van der Waals surface area contributed by atoms with Gasteiger partial charge in [-0.05, 0) is 103 Å². The number of nitrogens with zero attached hydrogens (tertiary/aromatic N) is 3. The van der Waals surface area contributed by atoms with E-state index >= 15 is 0 Å². The first-order chi connectivity index (χ1) is 20.9. The van der Waals surface area contributed by atoms with Crippen LogP contribution in [0.1, 0.15) is 35.8 Å². The van der Waals surface area contributed by atoms with Crippen LogP contribution in [0.3, 0.4) is 0 Å². The van der Waals surface area contributed by atoms with E-state index in [2.05, 4.69) is 41.2 Å². The molecule has 1 aliphatic heterocycles. The van der Waals surface area contributed by atoms with Gasteiger partial charge in [-0.2, -0.15) is 0 Å². The predicted octanol–water partition coefficient (Wildman–Crippen LogP) is 6.62. The number of fused-ring (bicyclic) bond motifs is 3. The van der Waals surface area contributed by atoms with E-state index in [-0.39, 0.29) is 16.9 Å². The lowest BCUT2D eigenvalue weighted by molar-refractivity contribution is 0.248. The van der Waals surface area contributed by atoms with Crippen molar-refractivity contribution in [1.29, 1.82) is 0 Å². The predicted molar refractivity (Wildman–Crippen MR) is 167 cm³/mol. The van der Waals surface area contributed by atoms with Crippen molar-refractivity contribution in [2.75, 3.05) is 20.1 Å². The topological polar surface area (TPSA) is 74.2 Å². The minimum Gasteiger partial charge on any atom is -0.508 e. The van der Waals surface area contributed by atoms with Crippen molar-refractivity contribution in [2.45, 2.75) is 24.3 Å². The molecular weight excluding hydrogens is 539 g/mol. The maximum absolute atomic E-state index is 14.4.